The molecule has 0 rings (SSSR count). The molecule has 0 radical (unpaired) electrons. The molecule has 94 valence electrons. The van der Waals surface area contributed by atoms with Crippen LogP contribution in [0.1, 0.15) is 20.3 Å². The molecular weight excluding hydrogens is 220 g/mol. The van der Waals surface area contributed by atoms with Crippen LogP contribution in [0, 0.1) is 11.3 Å². The Morgan fingerprint density at radius 2 is 2.00 bits per heavy atom. The van der Waals surface area contributed by atoms with Crippen LogP contribution < -0.4 is 16.0 Å². The zero-order chi connectivity index (χ0) is 13.1. The van der Waals surface area contributed by atoms with Crippen molar-refractivity contribution in [2.24, 2.45) is 0 Å². The molecular formula is C11H18N4O2. The zero-order valence-electron chi connectivity index (χ0n) is 10.1. The Hall–Kier alpha value is -2.03. The standard InChI is InChI=1S/C11H18N4O2/c1-9(2)15-11(17)10(6-12)7-13-4-3-5-14-8-16/h7-9,13H,3-5H2,1-2H3,(H,14,16)(H,15,17)/b10-7-. The Morgan fingerprint density at radius 3 is 2.53 bits per heavy atom. The summed E-state index contributed by atoms with van der Waals surface area (Å²) in [7, 11) is 0. The number of nitriles is 1. The highest BCUT2D eigenvalue weighted by atomic mass is 16.1. The molecule has 0 aromatic heterocycles. The van der Waals surface area contributed by atoms with E-state index in [1.807, 2.05) is 19.9 Å². The number of amides is 2. The van der Waals surface area contributed by atoms with Gasteiger partial charge >= 0.3 is 0 Å². The lowest BCUT2D eigenvalue weighted by Crippen LogP contribution is -2.31. The van der Waals surface area contributed by atoms with Gasteiger partial charge in [-0.3, -0.25) is 9.59 Å². The second-order valence-electron chi connectivity index (χ2n) is 3.68. The van der Waals surface area contributed by atoms with Crippen molar-refractivity contribution in [1.29, 1.82) is 5.26 Å². The van der Waals surface area contributed by atoms with Gasteiger partial charge in [0, 0.05) is 25.3 Å². The number of hydrogen-bond acceptors (Lipinski definition) is 4. The van der Waals surface area contributed by atoms with E-state index in [4.69, 9.17) is 5.26 Å². The van der Waals surface area contributed by atoms with Crippen molar-refractivity contribution in [3.05, 3.63) is 11.8 Å². The third-order valence-corrected chi connectivity index (χ3v) is 1.76. The van der Waals surface area contributed by atoms with Gasteiger partial charge in [-0.25, -0.2) is 0 Å². The molecule has 0 aromatic rings. The molecule has 0 heterocycles. The van der Waals surface area contributed by atoms with Gasteiger partial charge in [-0.1, -0.05) is 0 Å². The minimum Gasteiger partial charge on any atom is -0.390 e. The van der Waals surface area contributed by atoms with Crippen molar-refractivity contribution in [1.82, 2.24) is 16.0 Å². The van der Waals surface area contributed by atoms with Crippen LogP contribution in [0.2, 0.25) is 0 Å². The molecule has 0 saturated heterocycles. The second kappa shape index (κ2) is 9.21. The SMILES string of the molecule is CC(C)NC(=O)/C(C#N)=C\NCCCNC=O. The number of hydrogen-bond donors (Lipinski definition) is 3. The Balaban J connectivity index is 3.97. The average molecular weight is 238 g/mol. The summed E-state index contributed by atoms with van der Waals surface area (Å²) in [5.41, 5.74) is 0.0436. The molecule has 0 spiro atoms. The lowest BCUT2D eigenvalue weighted by molar-refractivity contribution is -0.117. The van der Waals surface area contributed by atoms with Crippen LogP contribution in [-0.4, -0.2) is 31.4 Å². The van der Waals surface area contributed by atoms with Crippen molar-refractivity contribution in [3.8, 4) is 6.07 Å². The molecule has 0 aromatic carbocycles. The first kappa shape index (κ1) is 15.0. The highest BCUT2D eigenvalue weighted by Crippen LogP contribution is 1.92. The van der Waals surface area contributed by atoms with Crippen LogP contribution in [0.15, 0.2) is 11.8 Å². The fourth-order valence-electron chi connectivity index (χ4n) is 1.01. The third-order valence-electron chi connectivity index (χ3n) is 1.76. The first-order valence-corrected chi connectivity index (χ1v) is 5.43. The molecule has 2 amide bonds. The van der Waals surface area contributed by atoms with Gasteiger partial charge in [-0.15, -0.1) is 0 Å². The van der Waals surface area contributed by atoms with E-state index in [2.05, 4.69) is 16.0 Å². The molecule has 6 nitrogen and oxygen atoms in total. The molecule has 3 N–H and O–H groups in total. The first-order valence-electron chi connectivity index (χ1n) is 5.43. The lowest BCUT2D eigenvalue weighted by atomic mass is 10.2. The van der Waals surface area contributed by atoms with Gasteiger partial charge in [0.15, 0.2) is 0 Å². The maximum absolute atomic E-state index is 11.5. The van der Waals surface area contributed by atoms with Gasteiger partial charge in [0.1, 0.15) is 11.6 Å². The van der Waals surface area contributed by atoms with Crippen LogP contribution in [0.25, 0.3) is 0 Å². The van der Waals surface area contributed by atoms with E-state index in [0.717, 1.165) is 6.42 Å². The summed E-state index contributed by atoms with van der Waals surface area (Å²) in [6.45, 7) is 4.79. The molecule has 0 aliphatic rings. The predicted molar refractivity (Wildman–Crippen MR) is 63.7 cm³/mol. The van der Waals surface area contributed by atoms with E-state index < -0.39 is 0 Å². The quantitative estimate of drug-likeness (QED) is 0.233. The second-order valence-corrected chi connectivity index (χ2v) is 3.68. The van der Waals surface area contributed by atoms with Crippen LogP contribution in [0.3, 0.4) is 0 Å². The van der Waals surface area contributed by atoms with E-state index in [1.54, 1.807) is 0 Å². The van der Waals surface area contributed by atoms with Crippen molar-refractivity contribution < 1.29 is 9.59 Å². The van der Waals surface area contributed by atoms with E-state index in [9.17, 15) is 9.59 Å². The summed E-state index contributed by atoms with van der Waals surface area (Å²) in [6.07, 6.45) is 2.74. The normalized spacial score (nSPS) is 10.6. The highest BCUT2D eigenvalue weighted by molar-refractivity contribution is 5.97. The topological polar surface area (TPSA) is 94.0 Å². The summed E-state index contributed by atoms with van der Waals surface area (Å²) < 4.78 is 0. The van der Waals surface area contributed by atoms with Crippen molar-refractivity contribution in [2.75, 3.05) is 13.1 Å². The van der Waals surface area contributed by atoms with Gasteiger partial charge in [-0.2, -0.15) is 5.26 Å². The molecule has 0 aliphatic carbocycles. The van der Waals surface area contributed by atoms with E-state index in [-0.39, 0.29) is 17.5 Å². The van der Waals surface area contributed by atoms with Gasteiger partial charge < -0.3 is 16.0 Å². The minimum absolute atomic E-state index is 0.00367. The predicted octanol–water partition coefficient (Wildman–Crippen LogP) is -0.356. The zero-order valence-corrected chi connectivity index (χ0v) is 10.1. The summed E-state index contributed by atoms with van der Waals surface area (Å²) in [4.78, 5) is 21.4. The lowest BCUT2D eigenvalue weighted by Gasteiger charge is -2.07. The van der Waals surface area contributed by atoms with Crippen LogP contribution >= 0.6 is 0 Å². The number of carbonyl (C=O) groups excluding carboxylic acids is 2. The van der Waals surface area contributed by atoms with Gasteiger partial charge in [0.2, 0.25) is 6.41 Å². The van der Waals surface area contributed by atoms with Gasteiger partial charge in [-0.05, 0) is 20.3 Å². The maximum atomic E-state index is 11.5. The summed E-state index contributed by atoms with van der Waals surface area (Å²) in [6, 6.07) is 1.82. The number of nitrogens with zero attached hydrogens (tertiary/aromatic N) is 1. The smallest absolute Gasteiger partial charge is 0.263 e. The molecule has 0 bridgehead atoms. The van der Waals surface area contributed by atoms with Crippen LogP contribution in [0.5, 0.6) is 0 Å². The summed E-state index contributed by atoms with van der Waals surface area (Å²) >= 11 is 0. The molecule has 0 unspecified atom stereocenters. The Labute approximate surface area is 101 Å². The summed E-state index contributed by atoms with van der Waals surface area (Å²) in [5, 5.41) is 16.8. The van der Waals surface area contributed by atoms with Crippen molar-refractivity contribution >= 4 is 12.3 Å². The Kier molecular flexibility index (Phi) is 8.11. The van der Waals surface area contributed by atoms with Crippen LogP contribution in [0.4, 0.5) is 0 Å². The minimum atomic E-state index is -0.388. The molecule has 0 saturated carbocycles. The highest BCUT2D eigenvalue weighted by Gasteiger charge is 2.08. The third kappa shape index (κ3) is 7.85. The number of carbonyl (C=O) groups is 2. The number of nitrogens with one attached hydrogen (secondary N) is 3. The van der Waals surface area contributed by atoms with E-state index >= 15 is 0 Å². The number of rotatable bonds is 8. The molecule has 0 atom stereocenters. The van der Waals surface area contributed by atoms with E-state index in [0.29, 0.717) is 19.5 Å². The van der Waals surface area contributed by atoms with Crippen LogP contribution in [-0.2, 0) is 9.59 Å². The monoisotopic (exact) mass is 238 g/mol. The fourth-order valence-corrected chi connectivity index (χ4v) is 1.01. The Bertz CT molecular complexity index is 318. The molecule has 0 fully saturated rings. The first-order chi connectivity index (χ1) is 8.11. The summed E-state index contributed by atoms with van der Waals surface area (Å²) in [5.74, 6) is -0.388. The molecule has 6 heteroatoms. The Morgan fingerprint density at radius 1 is 1.35 bits per heavy atom. The van der Waals surface area contributed by atoms with Gasteiger partial charge in [0.05, 0.1) is 0 Å². The maximum Gasteiger partial charge on any atom is 0.263 e. The fraction of sp³-hybridized carbons (Fsp3) is 0.545. The molecule has 17 heavy (non-hydrogen) atoms. The van der Waals surface area contributed by atoms with Crippen molar-refractivity contribution in [2.45, 2.75) is 26.3 Å². The van der Waals surface area contributed by atoms with Gasteiger partial charge in [0.25, 0.3) is 5.91 Å². The van der Waals surface area contributed by atoms with E-state index in [1.165, 1.54) is 6.20 Å². The largest absolute Gasteiger partial charge is 0.390 e. The molecule has 0 aliphatic heterocycles. The van der Waals surface area contributed by atoms with Crippen molar-refractivity contribution in [3.63, 3.8) is 0 Å². The average Bonchev–Trinajstić information content (AvgIpc) is 2.27.